The van der Waals surface area contributed by atoms with E-state index in [-0.39, 0.29) is 0 Å². The van der Waals surface area contributed by atoms with Gasteiger partial charge in [-0.3, -0.25) is 0 Å². The summed E-state index contributed by atoms with van der Waals surface area (Å²) in [6.07, 6.45) is 0. The van der Waals surface area contributed by atoms with Crippen LogP contribution in [0.1, 0.15) is 0 Å². The van der Waals surface area contributed by atoms with E-state index in [1.165, 1.54) is 70.7 Å². The van der Waals surface area contributed by atoms with E-state index < -0.39 is 0 Å². The molecule has 3 aromatic heterocycles. The number of hydrogen-bond acceptors (Lipinski definition) is 1. The molecule has 0 radical (unpaired) electrons. The summed E-state index contributed by atoms with van der Waals surface area (Å²) in [5, 5.41) is 12.3. The molecule has 0 saturated carbocycles. The summed E-state index contributed by atoms with van der Waals surface area (Å²) in [5.41, 5.74) is 11.2. The lowest BCUT2D eigenvalue weighted by Crippen LogP contribution is -1.96. The zero-order valence-electron chi connectivity index (χ0n) is 28.6. The van der Waals surface area contributed by atoms with Gasteiger partial charge in [-0.05, 0) is 112 Å². The standard InChI is InChI=1S/C50H30N2O/c1-2-13-36(14-3-1)52-45-28-35-26-33-12-5-4-11-32(33)25-34(35)27-41(45)43-29-42-39-15-6-8-18-44(39)51(46(42)30-47(43)52)37-23-21-31(22-24-37)38-17-10-20-49-50(38)40-16-7-9-19-48(40)53-49/h1-30H. The minimum absolute atomic E-state index is 0.911. The fraction of sp³-hybridized carbons (Fsp3) is 0. The normalized spacial score (nSPS) is 12.2. The number of para-hydroxylation sites is 3. The summed E-state index contributed by atoms with van der Waals surface area (Å²) < 4.78 is 11.1. The minimum atomic E-state index is 0.911. The minimum Gasteiger partial charge on any atom is -0.456 e. The van der Waals surface area contributed by atoms with Gasteiger partial charge in [0.1, 0.15) is 11.2 Å². The van der Waals surface area contributed by atoms with Gasteiger partial charge in [0.2, 0.25) is 0 Å². The van der Waals surface area contributed by atoms with Crippen molar-refractivity contribution in [1.29, 1.82) is 0 Å². The first kappa shape index (κ1) is 28.6. The van der Waals surface area contributed by atoms with Crippen molar-refractivity contribution in [2.24, 2.45) is 0 Å². The second-order valence-corrected chi connectivity index (χ2v) is 14.1. The van der Waals surface area contributed by atoms with E-state index in [1.807, 2.05) is 12.1 Å². The predicted molar refractivity (Wildman–Crippen MR) is 223 cm³/mol. The molecule has 3 heterocycles. The molecule has 246 valence electrons. The van der Waals surface area contributed by atoms with Crippen LogP contribution in [-0.4, -0.2) is 9.13 Å². The van der Waals surface area contributed by atoms with E-state index in [1.54, 1.807) is 0 Å². The molecular formula is C50H30N2O. The van der Waals surface area contributed by atoms with Crippen molar-refractivity contribution in [3.8, 4) is 22.5 Å². The molecule has 12 aromatic rings. The molecule has 0 aliphatic heterocycles. The van der Waals surface area contributed by atoms with Crippen LogP contribution in [-0.2, 0) is 0 Å². The Balaban J connectivity index is 1.12. The van der Waals surface area contributed by atoms with Crippen LogP contribution in [0, 0.1) is 0 Å². The molecule has 0 amide bonds. The first-order chi connectivity index (χ1) is 26.3. The monoisotopic (exact) mass is 674 g/mol. The zero-order chi connectivity index (χ0) is 34.6. The van der Waals surface area contributed by atoms with E-state index in [0.717, 1.165) is 38.9 Å². The van der Waals surface area contributed by atoms with E-state index in [9.17, 15) is 0 Å². The van der Waals surface area contributed by atoms with Crippen LogP contribution >= 0.6 is 0 Å². The third kappa shape index (κ3) is 4.10. The summed E-state index contributed by atoms with van der Waals surface area (Å²) in [4.78, 5) is 0. The second kappa shape index (κ2) is 10.7. The van der Waals surface area contributed by atoms with Crippen LogP contribution < -0.4 is 0 Å². The van der Waals surface area contributed by atoms with Gasteiger partial charge in [-0.1, -0.05) is 103 Å². The van der Waals surface area contributed by atoms with Crippen molar-refractivity contribution in [1.82, 2.24) is 9.13 Å². The van der Waals surface area contributed by atoms with E-state index in [2.05, 4.69) is 179 Å². The lowest BCUT2D eigenvalue weighted by Gasteiger charge is -2.11. The SMILES string of the molecule is c1ccc(-n2c3cc4cc5ccccc5cc4cc3c3cc4c5ccccc5n(-c5ccc(-c6cccc7oc8ccccc8c67)cc5)c4cc32)cc1. The summed E-state index contributed by atoms with van der Waals surface area (Å²) in [6, 6.07) is 66.2. The van der Waals surface area contributed by atoms with Gasteiger partial charge in [-0.25, -0.2) is 0 Å². The first-order valence-corrected chi connectivity index (χ1v) is 18.2. The van der Waals surface area contributed by atoms with Gasteiger partial charge in [0.15, 0.2) is 0 Å². The van der Waals surface area contributed by atoms with E-state index in [0.29, 0.717) is 0 Å². The smallest absolute Gasteiger partial charge is 0.136 e. The Bertz CT molecular complexity index is 3430. The topological polar surface area (TPSA) is 23.0 Å². The van der Waals surface area contributed by atoms with Crippen molar-refractivity contribution in [3.63, 3.8) is 0 Å². The maximum atomic E-state index is 6.23. The summed E-state index contributed by atoms with van der Waals surface area (Å²) in [7, 11) is 0. The number of nitrogens with zero attached hydrogens (tertiary/aromatic N) is 2. The van der Waals surface area contributed by atoms with Crippen molar-refractivity contribution in [2.75, 3.05) is 0 Å². The summed E-state index contributed by atoms with van der Waals surface area (Å²) in [6.45, 7) is 0. The Morgan fingerprint density at radius 2 is 0.906 bits per heavy atom. The van der Waals surface area contributed by atoms with Crippen LogP contribution in [0.3, 0.4) is 0 Å². The van der Waals surface area contributed by atoms with Gasteiger partial charge in [0, 0.05) is 43.7 Å². The molecule has 0 unspecified atom stereocenters. The molecule has 0 saturated heterocycles. The number of furan rings is 1. The molecule has 0 N–H and O–H groups in total. The fourth-order valence-corrected chi connectivity index (χ4v) is 8.85. The third-order valence-corrected chi connectivity index (χ3v) is 11.2. The Morgan fingerprint density at radius 1 is 0.321 bits per heavy atom. The highest BCUT2D eigenvalue weighted by Crippen LogP contribution is 2.42. The van der Waals surface area contributed by atoms with E-state index >= 15 is 0 Å². The van der Waals surface area contributed by atoms with Crippen LogP contribution in [0.2, 0.25) is 0 Å². The molecule has 0 bridgehead atoms. The predicted octanol–water partition coefficient (Wildman–Crippen LogP) is 13.8. The molecule has 3 heteroatoms. The van der Waals surface area contributed by atoms with Crippen LogP contribution in [0.5, 0.6) is 0 Å². The van der Waals surface area contributed by atoms with Crippen molar-refractivity contribution in [2.45, 2.75) is 0 Å². The molecule has 12 rings (SSSR count). The van der Waals surface area contributed by atoms with Gasteiger partial charge in [0.25, 0.3) is 0 Å². The lowest BCUT2D eigenvalue weighted by molar-refractivity contribution is 0.669. The molecule has 0 aliphatic carbocycles. The Hall–Kier alpha value is -7.10. The quantitative estimate of drug-likeness (QED) is 0.171. The van der Waals surface area contributed by atoms with Gasteiger partial charge in [-0.2, -0.15) is 0 Å². The zero-order valence-corrected chi connectivity index (χ0v) is 28.6. The third-order valence-electron chi connectivity index (χ3n) is 11.2. The molecule has 9 aromatic carbocycles. The van der Waals surface area contributed by atoms with Gasteiger partial charge in [0.05, 0.1) is 22.1 Å². The molecule has 0 aliphatic rings. The lowest BCUT2D eigenvalue weighted by atomic mass is 9.99. The maximum Gasteiger partial charge on any atom is 0.136 e. The molecular weight excluding hydrogens is 645 g/mol. The highest BCUT2D eigenvalue weighted by molar-refractivity contribution is 6.21. The largest absolute Gasteiger partial charge is 0.456 e. The van der Waals surface area contributed by atoms with Crippen molar-refractivity contribution >= 4 is 87.1 Å². The highest BCUT2D eigenvalue weighted by atomic mass is 16.3. The van der Waals surface area contributed by atoms with Crippen molar-refractivity contribution in [3.05, 3.63) is 182 Å². The van der Waals surface area contributed by atoms with E-state index in [4.69, 9.17) is 4.42 Å². The van der Waals surface area contributed by atoms with Gasteiger partial charge in [-0.15, -0.1) is 0 Å². The number of fused-ring (bicyclic) bond motifs is 11. The van der Waals surface area contributed by atoms with Crippen molar-refractivity contribution < 1.29 is 4.42 Å². The Kier molecular flexibility index (Phi) is 5.77. The average molecular weight is 675 g/mol. The van der Waals surface area contributed by atoms with Crippen LogP contribution in [0.4, 0.5) is 0 Å². The molecule has 0 fully saturated rings. The molecule has 0 spiro atoms. The molecule has 53 heavy (non-hydrogen) atoms. The second-order valence-electron chi connectivity index (χ2n) is 14.1. The average Bonchev–Trinajstić information content (AvgIpc) is 3.86. The number of hydrogen-bond donors (Lipinski definition) is 0. The maximum absolute atomic E-state index is 6.23. The van der Waals surface area contributed by atoms with Gasteiger partial charge < -0.3 is 13.6 Å². The number of benzene rings is 9. The fourth-order valence-electron chi connectivity index (χ4n) is 8.85. The molecule has 3 nitrogen and oxygen atoms in total. The Morgan fingerprint density at radius 3 is 1.72 bits per heavy atom. The molecule has 0 atom stereocenters. The van der Waals surface area contributed by atoms with Gasteiger partial charge >= 0.3 is 0 Å². The summed E-state index contributed by atoms with van der Waals surface area (Å²) in [5.74, 6) is 0. The summed E-state index contributed by atoms with van der Waals surface area (Å²) >= 11 is 0. The highest BCUT2D eigenvalue weighted by Gasteiger charge is 2.20. The number of rotatable bonds is 3. The van der Waals surface area contributed by atoms with Crippen LogP contribution in [0.25, 0.3) is 110 Å². The Labute approximate surface area is 304 Å². The van der Waals surface area contributed by atoms with Crippen LogP contribution in [0.15, 0.2) is 186 Å². The number of aromatic nitrogens is 2. The first-order valence-electron chi connectivity index (χ1n) is 18.2.